The molecule has 40 heavy (non-hydrogen) atoms. The number of fused-ring (bicyclic) bond motifs is 1. The number of nitrogens with one attached hydrogen (secondary N) is 1. The Kier molecular flexibility index (Phi) is 12.2. The third kappa shape index (κ3) is 7.86. The van der Waals surface area contributed by atoms with Crippen LogP contribution in [-0.4, -0.2) is 41.2 Å². The molecular formula is C31H45N5O4. The van der Waals surface area contributed by atoms with Crippen LogP contribution in [0, 0.1) is 13.8 Å². The van der Waals surface area contributed by atoms with Gasteiger partial charge in [0.25, 0.3) is 0 Å². The summed E-state index contributed by atoms with van der Waals surface area (Å²) in [6.45, 7) is 14.3. The van der Waals surface area contributed by atoms with Gasteiger partial charge in [-0.3, -0.25) is 14.5 Å². The average molecular weight is 552 g/mol. The Morgan fingerprint density at radius 1 is 1.12 bits per heavy atom. The number of nitrogen functional groups attached to an aromatic ring is 1. The summed E-state index contributed by atoms with van der Waals surface area (Å²) in [4.78, 5) is 28.8. The van der Waals surface area contributed by atoms with Gasteiger partial charge in [-0.1, -0.05) is 52.0 Å². The summed E-state index contributed by atoms with van der Waals surface area (Å²) < 4.78 is 5.81. The summed E-state index contributed by atoms with van der Waals surface area (Å²) in [6.07, 6.45) is -0.0627. The Hall–Kier alpha value is -3.82. The van der Waals surface area contributed by atoms with Crippen LogP contribution in [-0.2, 0) is 17.9 Å². The number of nitrogens with zero attached hydrogens (tertiary/aromatic N) is 2. The number of carboxylic acid groups (broad SMARTS) is 1. The van der Waals surface area contributed by atoms with Crippen LogP contribution >= 0.6 is 0 Å². The Morgan fingerprint density at radius 2 is 1.82 bits per heavy atom. The van der Waals surface area contributed by atoms with E-state index in [4.69, 9.17) is 16.3 Å². The van der Waals surface area contributed by atoms with Crippen LogP contribution in [0.3, 0.4) is 0 Å². The number of aliphatic carboxylic acids is 1. The van der Waals surface area contributed by atoms with Gasteiger partial charge in [-0.05, 0) is 53.8 Å². The van der Waals surface area contributed by atoms with E-state index in [1.807, 2.05) is 65.8 Å². The zero-order chi connectivity index (χ0) is 30.0. The SMILES string of the molecule is CC.CC.Cc1ccc([C@@H](CC(=O)O)c2ccc(N(C)N)c(N)c2C)cc1CN1CCOc2ccc(=O)[nH]c2C1. The lowest BCUT2D eigenvalue weighted by Crippen LogP contribution is -2.26. The van der Waals surface area contributed by atoms with E-state index in [1.165, 1.54) is 11.1 Å². The predicted octanol–water partition coefficient (Wildman–Crippen LogP) is 4.94. The number of rotatable bonds is 7. The van der Waals surface area contributed by atoms with Gasteiger partial charge in [-0.25, -0.2) is 5.84 Å². The monoisotopic (exact) mass is 551 g/mol. The number of aromatic amines is 1. The molecule has 4 rings (SSSR count). The fraction of sp³-hybridized carbons (Fsp3) is 0.419. The molecule has 0 fully saturated rings. The maximum atomic E-state index is 11.9. The molecule has 9 nitrogen and oxygen atoms in total. The molecule has 218 valence electrons. The maximum Gasteiger partial charge on any atom is 0.304 e. The van der Waals surface area contributed by atoms with Crippen molar-refractivity contribution < 1.29 is 14.6 Å². The molecule has 0 unspecified atom stereocenters. The maximum absolute atomic E-state index is 11.9. The van der Waals surface area contributed by atoms with E-state index in [9.17, 15) is 14.7 Å². The number of hydrogen-bond donors (Lipinski definition) is 4. The molecule has 2 heterocycles. The largest absolute Gasteiger partial charge is 0.490 e. The highest BCUT2D eigenvalue weighted by Crippen LogP contribution is 2.37. The zero-order valence-corrected chi connectivity index (χ0v) is 24.9. The first-order valence-electron chi connectivity index (χ1n) is 13.9. The molecule has 1 atom stereocenters. The summed E-state index contributed by atoms with van der Waals surface area (Å²) in [5.41, 5.74) is 13.0. The summed E-state index contributed by atoms with van der Waals surface area (Å²) in [5, 5.41) is 11.2. The highest BCUT2D eigenvalue weighted by molar-refractivity contribution is 5.74. The molecule has 2 aromatic carbocycles. The Labute approximate surface area is 237 Å². The van der Waals surface area contributed by atoms with Crippen molar-refractivity contribution in [1.82, 2.24) is 9.88 Å². The zero-order valence-electron chi connectivity index (χ0n) is 24.9. The molecule has 0 bridgehead atoms. The van der Waals surface area contributed by atoms with E-state index in [2.05, 4.69) is 16.0 Å². The van der Waals surface area contributed by atoms with Crippen molar-refractivity contribution in [3.8, 4) is 5.75 Å². The second-order valence-electron chi connectivity index (χ2n) is 9.38. The van der Waals surface area contributed by atoms with Gasteiger partial charge in [0, 0.05) is 38.7 Å². The summed E-state index contributed by atoms with van der Waals surface area (Å²) in [7, 11) is 1.72. The van der Waals surface area contributed by atoms with Crippen LogP contribution in [0.2, 0.25) is 0 Å². The van der Waals surface area contributed by atoms with E-state index in [0.717, 1.165) is 33.5 Å². The molecular weight excluding hydrogens is 506 g/mol. The number of hydrazine groups is 1. The standard InChI is InChI=1S/C27H33N5O4.2C2H6/c1-16-4-5-18(21(13-26(34)35)20-6-7-23(31(3)29)27(28)17(20)2)12-19(16)14-32-10-11-36-24-8-9-25(33)30-22(24)15-32;2*1-2/h4-9,12,21H,10-11,13-15,28-29H2,1-3H3,(H,30,33)(H,34,35);2*1-2H3/t21-;;/m1../s1. The fourth-order valence-electron chi connectivity index (χ4n) is 4.80. The second-order valence-corrected chi connectivity index (χ2v) is 9.38. The van der Waals surface area contributed by atoms with Crippen LogP contribution in [0.1, 0.15) is 73.5 Å². The van der Waals surface area contributed by atoms with Gasteiger partial charge < -0.3 is 25.6 Å². The average Bonchev–Trinajstić information content (AvgIpc) is 3.13. The lowest BCUT2D eigenvalue weighted by Gasteiger charge is -2.25. The molecule has 3 aromatic rings. The number of hydrogen-bond acceptors (Lipinski definition) is 7. The molecule has 6 N–H and O–H groups in total. The number of aromatic nitrogens is 1. The van der Waals surface area contributed by atoms with Crippen molar-refractivity contribution in [2.45, 2.75) is 67.0 Å². The third-order valence-electron chi connectivity index (χ3n) is 6.84. The molecule has 0 spiro atoms. The molecule has 0 saturated carbocycles. The third-order valence-corrected chi connectivity index (χ3v) is 6.84. The second kappa shape index (κ2) is 15.1. The fourth-order valence-corrected chi connectivity index (χ4v) is 4.80. The number of H-pyrrole nitrogens is 1. The highest BCUT2D eigenvalue weighted by Gasteiger charge is 2.24. The number of pyridine rings is 1. The quantitative estimate of drug-likeness (QED) is 0.184. The molecule has 0 amide bonds. The highest BCUT2D eigenvalue weighted by atomic mass is 16.5. The molecule has 1 aliphatic rings. The molecule has 0 saturated heterocycles. The van der Waals surface area contributed by atoms with Crippen molar-refractivity contribution in [2.75, 3.05) is 30.9 Å². The number of nitrogens with two attached hydrogens (primary N) is 2. The normalized spacial score (nSPS) is 13.3. The van der Waals surface area contributed by atoms with Crippen molar-refractivity contribution in [3.63, 3.8) is 0 Å². The lowest BCUT2D eigenvalue weighted by molar-refractivity contribution is -0.137. The molecule has 1 aliphatic heterocycles. The molecule has 0 radical (unpaired) electrons. The number of anilines is 2. The predicted molar refractivity (Wildman–Crippen MR) is 163 cm³/mol. The van der Waals surface area contributed by atoms with Crippen molar-refractivity contribution in [1.29, 1.82) is 0 Å². The summed E-state index contributed by atoms with van der Waals surface area (Å²) >= 11 is 0. The smallest absolute Gasteiger partial charge is 0.304 e. The molecule has 0 aliphatic carbocycles. The Bertz CT molecular complexity index is 1340. The molecule has 1 aromatic heterocycles. The Morgan fingerprint density at radius 3 is 2.48 bits per heavy atom. The van der Waals surface area contributed by atoms with E-state index in [1.54, 1.807) is 13.1 Å². The topological polar surface area (TPSA) is 138 Å². The number of carboxylic acids is 1. The summed E-state index contributed by atoms with van der Waals surface area (Å²) in [5.74, 6) is 5.35. The Balaban J connectivity index is 0.00000134. The number of carbonyl (C=O) groups is 1. The van der Waals surface area contributed by atoms with E-state index >= 15 is 0 Å². The number of ether oxygens (including phenoxy) is 1. The minimum absolute atomic E-state index is 0.0627. The number of benzene rings is 2. The van der Waals surface area contributed by atoms with Gasteiger partial charge in [0.1, 0.15) is 12.4 Å². The number of aryl methyl sites for hydroxylation is 1. The van der Waals surface area contributed by atoms with Gasteiger partial charge in [0.2, 0.25) is 5.56 Å². The van der Waals surface area contributed by atoms with Gasteiger partial charge in [-0.15, -0.1) is 0 Å². The van der Waals surface area contributed by atoms with Crippen molar-refractivity contribution in [2.24, 2.45) is 5.84 Å². The van der Waals surface area contributed by atoms with E-state index in [0.29, 0.717) is 43.4 Å². The minimum Gasteiger partial charge on any atom is -0.490 e. The van der Waals surface area contributed by atoms with Crippen LogP contribution < -0.4 is 26.9 Å². The van der Waals surface area contributed by atoms with Crippen LogP contribution in [0.4, 0.5) is 11.4 Å². The van der Waals surface area contributed by atoms with Crippen molar-refractivity contribution >= 4 is 17.3 Å². The van der Waals surface area contributed by atoms with Gasteiger partial charge in [0.15, 0.2) is 0 Å². The van der Waals surface area contributed by atoms with E-state index in [-0.39, 0.29) is 17.9 Å². The van der Waals surface area contributed by atoms with E-state index < -0.39 is 5.97 Å². The first-order valence-corrected chi connectivity index (χ1v) is 13.9. The first-order chi connectivity index (χ1) is 19.1. The molecule has 9 heteroatoms. The summed E-state index contributed by atoms with van der Waals surface area (Å²) in [6, 6.07) is 13.0. The van der Waals surface area contributed by atoms with Crippen LogP contribution in [0.15, 0.2) is 47.3 Å². The van der Waals surface area contributed by atoms with Crippen LogP contribution in [0.5, 0.6) is 5.75 Å². The minimum atomic E-state index is -0.884. The van der Waals surface area contributed by atoms with Gasteiger partial charge in [0.05, 0.1) is 23.5 Å². The van der Waals surface area contributed by atoms with Gasteiger partial charge >= 0.3 is 5.97 Å². The van der Waals surface area contributed by atoms with Crippen LogP contribution in [0.25, 0.3) is 0 Å². The van der Waals surface area contributed by atoms with Crippen molar-refractivity contribution in [3.05, 3.63) is 86.3 Å². The first kappa shape index (κ1) is 32.4. The lowest BCUT2D eigenvalue weighted by atomic mass is 9.84. The van der Waals surface area contributed by atoms with Gasteiger partial charge in [-0.2, -0.15) is 0 Å².